The van der Waals surface area contributed by atoms with Gasteiger partial charge in [-0.25, -0.2) is 0 Å². The molecule has 0 aliphatic carbocycles. The highest BCUT2D eigenvalue weighted by atomic mass is 16.5. The molecular formula is C19H25N3O2. The molecular weight excluding hydrogens is 302 g/mol. The van der Waals surface area contributed by atoms with Gasteiger partial charge in [0.2, 0.25) is 0 Å². The number of carbonyl (C=O) groups is 1. The number of nitrogens with one attached hydrogen (secondary N) is 2. The molecule has 5 heteroatoms. The molecule has 2 aromatic rings. The first-order valence-corrected chi connectivity index (χ1v) is 8.61. The summed E-state index contributed by atoms with van der Waals surface area (Å²) in [6, 6.07) is 8.57. The van der Waals surface area contributed by atoms with Gasteiger partial charge in [0, 0.05) is 56.2 Å². The van der Waals surface area contributed by atoms with Crippen LogP contribution in [-0.2, 0) is 9.53 Å². The van der Waals surface area contributed by atoms with E-state index in [9.17, 15) is 4.79 Å². The molecule has 1 saturated heterocycles. The van der Waals surface area contributed by atoms with E-state index >= 15 is 0 Å². The molecule has 1 aliphatic heterocycles. The normalized spacial score (nSPS) is 20.4. The highest BCUT2D eigenvalue weighted by molar-refractivity contribution is 5.85. The number of fused-ring (bicyclic) bond motifs is 1. The van der Waals surface area contributed by atoms with Crippen molar-refractivity contribution in [3.63, 3.8) is 0 Å². The number of ether oxygens (including phenoxy) is 1. The van der Waals surface area contributed by atoms with E-state index in [-0.39, 0.29) is 12.1 Å². The highest BCUT2D eigenvalue weighted by Gasteiger charge is 2.28. The molecule has 1 aromatic carbocycles. The van der Waals surface area contributed by atoms with Crippen LogP contribution in [0, 0.1) is 0 Å². The van der Waals surface area contributed by atoms with Gasteiger partial charge in [-0.1, -0.05) is 6.07 Å². The Hall–Kier alpha value is -1.98. The van der Waals surface area contributed by atoms with Gasteiger partial charge < -0.3 is 15.4 Å². The van der Waals surface area contributed by atoms with Crippen molar-refractivity contribution in [1.29, 1.82) is 0 Å². The zero-order valence-corrected chi connectivity index (χ0v) is 14.1. The number of ketones is 1. The van der Waals surface area contributed by atoms with Crippen LogP contribution in [0.2, 0.25) is 0 Å². The van der Waals surface area contributed by atoms with E-state index in [1.165, 1.54) is 5.39 Å². The molecule has 0 unspecified atom stereocenters. The number of nitrogens with zero attached hydrogens (tertiary/aromatic N) is 1. The van der Waals surface area contributed by atoms with Crippen molar-refractivity contribution < 1.29 is 9.53 Å². The molecule has 128 valence electrons. The third kappa shape index (κ3) is 4.30. The Morgan fingerprint density at radius 1 is 1.33 bits per heavy atom. The molecule has 0 saturated carbocycles. The Kier molecular flexibility index (Phi) is 5.77. The second-order valence-corrected chi connectivity index (χ2v) is 6.39. The number of carbonyl (C=O) groups excluding carboxylic acids is 1. The third-order valence-electron chi connectivity index (χ3n) is 4.55. The minimum absolute atomic E-state index is 0.0188. The van der Waals surface area contributed by atoms with Gasteiger partial charge in [-0.3, -0.25) is 9.78 Å². The zero-order valence-electron chi connectivity index (χ0n) is 14.1. The van der Waals surface area contributed by atoms with Crippen LogP contribution in [0.15, 0.2) is 36.7 Å². The summed E-state index contributed by atoms with van der Waals surface area (Å²) < 4.78 is 5.02. The van der Waals surface area contributed by atoms with E-state index in [4.69, 9.17) is 4.74 Å². The van der Waals surface area contributed by atoms with Crippen LogP contribution in [-0.4, -0.2) is 43.1 Å². The van der Waals surface area contributed by atoms with Crippen molar-refractivity contribution in [2.24, 2.45) is 0 Å². The molecule has 5 nitrogen and oxygen atoms in total. The van der Waals surface area contributed by atoms with Gasteiger partial charge in [0.1, 0.15) is 5.78 Å². The molecule has 0 bridgehead atoms. The fraction of sp³-hybridized carbons (Fsp3) is 0.474. The predicted molar refractivity (Wildman–Crippen MR) is 96.3 cm³/mol. The van der Waals surface area contributed by atoms with Gasteiger partial charge >= 0.3 is 0 Å². The lowest BCUT2D eigenvalue weighted by atomic mass is 10.0. The maximum absolute atomic E-state index is 12.2. The quantitative estimate of drug-likeness (QED) is 0.730. The van der Waals surface area contributed by atoms with Gasteiger partial charge in [-0.15, -0.1) is 0 Å². The SMILES string of the molecule is COCCCCC(=O)[C@@H]1C[C@@H](Nc2ccc3cnccc3c2)CN1. The van der Waals surface area contributed by atoms with Gasteiger partial charge in [-0.05, 0) is 42.8 Å². The minimum atomic E-state index is -0.0188. The molecule has 1 aromatic heterocycles. The zero-order chi connectivity index (χ0) is 16.8. The summed E-state index contributed by atoms with van der Waals surface area (Å²) >= 11 is 0. The van der Waals surface area contributed by atoms with Crippen molar-refractivity contribution in [3.8, 4) is 0 Å². The second kappa shape index (κ2) is 8.22. The Bertz CT molecular complexity index is 689. The first-order valence-electron chi connectivity index (χ1n) is 8.61. The standard InChI is InChI=1S/C19H25N3O2/c1-24-9-3-2-4-19(23)18-11-17(13-21-18)22-16-6-5-15-12-20-8-7-14(15)10-16/h5-8,10,12,17-18,21-22H,2-4,9,11,13H2,1H3/t17-,18+/m1/s1. The van der Waals surface area contributed by atoms with Crippen LogP contribution >= 0.6 is 0 Å². The number of aromatic nitrogens is 1. The summed E-state index contributed by atoms with van der Waals surface area (Å²) in [7, 11) is 1.69. The molecule has 2 heterocycles. The minimum Gasteiger partial charge on any atom is -0.385 e. The van der Waals surface area contributed by atoms with Crippen LogP contribution < -0.4 is 10.6 Å². The first-order chi connectivity index (χ1) is 11.8. The average Bonchev–Trinajstić information content (AvgIpc) is 3.07. The van der Waals surface area contributed by atoms with Crippen molar-refractivity contribution in [2.45, 2.75) is 37.8 Å². The fourth-order valence-electron chi connectivity index (χ4n) is 3.22. The molecule has 0 spiro atoms. The van der Waals surface area contributed by atoms with Crippen molar-refractivity contribution >= 4 is 22.2 Å². The second-order valence-electron chi connectivity index (χ2n) is 6.39. The smallest absolute Gasteiger partial charge is 0.149 e. The molecule has 1 aliphatic rings. The molecule has 1 fully saturated rings. The van der Waals surface area contributed by atoms with E-state index in [0.717, 1.165) is 43.5 Å². The van der Waals surface area contributed by atoms with Crippen molar-refractivity contribution in [3.05, 3.63) is 36.7 Å². The number of methoxy groups -OCH3 is 1. The Balaban J connectivity index is 1.50. The van der Waals surface area contributed by atoms with Gasteiger partial charge in [0.25, 0.3) is 0 Å². The number of benzene rings is 1. The monoisotopic (exact) mass is 327 g/mol. The predicted octanol–water partition coefficient (Wildman–Crippen LogP) is 2.76. The topological polar surface area (TPSA) is 63.2 Å². The summed E-state index contributed by atoms with van der Waals surface area (Å²) in [5.74, 6) is 0.319. The summed E-state index contributed by atoms with van der Waals surface area (Å²) in [5, 5.41) is 9.20. The van der Waals surface area contributed by atoms with Crippen LogP contribution in [0.25, 0.3) is 10.8 Å². The third-order valence-corrected chi connectivity index (χ3v) is 4.55. The van der Waals surface area contributed by atoms with E-state index < -0.39 is 0 Å². The number of hydrogen-bond acceptors (Lipinski definition) is 5. The first kappa shape index (κ1) is 16.9. The maximum Gasteiger partial charge on any atom is 0.149 e. The fourth-order valence-corrected chi connectivity index (χ4v) is 3.22. The summed E-state index contributed by atoms with van der Waals surface area (Å²) in [4.78, 5) is 16.4. The molecule has 24 heavy (non-hydrogen) atoms. The number of rotatable bonds is 8. The van der Waals surface area contributed by atoms with E-state index in [2.05, 4.69) is 33.8 Å². The van der Waals surface area contributed by atoms with Gasteiger partial charge in [0.15, 0.2) is 0 Å². The van der Waals surface area contributed by atoms with E-state index in [1.54, 1.807) is 7.11 Å². The lowest BCUT2D eigenvalue weighted by Gasteiger charge is -2.14. The van der Waals surface area contributed by atoms with Crippen LogP contribution in [0.4, 0.5) is 5.69 Å². The summed E-state index contributed by atoms with van der Waals surface area (Å²) in [6.45, 7) is 1.55. The Morgan fingerprint density at radius 2 is 2.25 bits per heavy atom. The molecule has 0 amide bonds. The highest BCUT2D eigenvalue weighted by Crippen LogP contribution is 2.21. The van der Waals surface area contributed by atoms with E-state index in [1.807, 2.05) is 18.5 Å². The molecule has 0 radical (unpaired) electrons. The number of anilines is 1. The van der Waals surface area contributed by atoms with E-state index in [0.29, 0.717) is 12.2 Å². The maximum atomic E-state index is 12.2. The lowest BCUT2D eigenvalue weighted by molar-refractivity contribution is -0.120. The van der Waals surface area contributed by atoms with Crippen LogP contribution in [0.3, 0.4) is 0 Å². The molecule has 2 atom stereocenters. The van der Waals surface area contributed by atoms with Gasteiger partial charge in [-0.2, -0.15) is 0 Å². The largest absolute Gasteiger partial charge is 0.385 e. The van der Waals surface area contributed by atoms with Crippen molar-refractivity contribution in [1.82, 2.24) is 10.3 Å². The lowest BCUT2D eigenvalue weighted by Crippen LogP contribution is -2.30. The number of pyridine rings is 1. The van der Waals surface area contributed by atoms with Crippen molar-refractivity contribution in [2.75, 3.05) is 25.6 Å². The van der Waals surface area contributed by atoms with Crippen LogP contribution in [0.5, 0.6) is 0 Å². The van der Waals surface area contributed by atoms with Gasteiger partial charge in [0.05, 0.1) is 6.04 Å². The molecule has 2 N–H and O–H groups in total. The molecule has 3 rings (SSSR count). The van der Waals surface area contributed by atoms with Crippen LogP contribution in [0.1, 0.15) is 25.7 Å². The number of Topliss-reactive ketones (excluding diaryl/α,β-unsaturated/α-hetero) is 1. The number of hydrogen-bond donors (Lipinski definition) is 2. The Morgan fingerprint density at radius 3 is 3.12 bits per heavy atom. The number of unbranched alkanes of at least 4 members (excludes halogenated alkanes) is 1. The average molecular weight is 327 g/mol. The summed E-state index contributed by atoms with van der Waals surface area (Å²) in [6.07, 6.45) is 7.01. The Labute approximate surface area is 142 Å². The summed E-state index contributed by atoms with van der Waals surface area (Å²) in [5.41, 5.74) is 1.09.